The minimum absolute atomic E-state index is 0.102. The highest BCUT2D eigenvalue weighted by molar-refractivity contribution is 7.89. The molecule has 12 N–H and O–H groups in total. The zero-order valence-electron chi connectivity index (χ0n) is 73.2. The normalized spacial score (nSPS) is 17.0. The van der Waals surface area contributed by atoms with Crippen molar-refractivity contribution in [2.45, 2.75) is 69.6 Å². The summed E-state index contributed by atoms with van der Waals surface area (Å²) in [5.74, 6) is -2.62. The maximum atomic E-state index is 14.1. The van der Waals surface area contributed by atoms with Crippen molar-refractivity contribution in [3.8, 4) is 51.8 Å². The van der Waals surface area contributed by atoms with E-state index in [0.717, 1.165) is 186 Å². The zero-order valence-corrected chi connectivity index (χ0v) is 74.0. The number of amides is 4. The first-order chi connectivity index (χ1) is 65.8. The van der Waals surface area contributed by atoms with E-state index in [1.807, 2.05) is 30.3 Å². The Morgan fingerprint density at radius 3 is 1.24 bits per heavy atom. The van der Waals surface area contributed by atoms with Gasteiger partial charge < -0.3 is 64.6 Å². The van der Waals surface area contributed by atoms with Crippen molar-refractivity contribution in [1.82, 2.24) is 105 Å². The Kier molecular flexibility index (Phi) is 26.7. The molecule has 22 rings (SSSR count). The third kappa shape index (κ3) is 20.4. The van der Waals surface area contributed by atoms with Crippen LogP contribution in [0.3, 0.4) is 0 Å². The lowest BCUT2D eigenvalue weighted by Crippen LogP contribution is -2.50. The van der Waals surface area contributed by atoms with Crippen molar-refractivity contribution in [1.29, 1.82) is 0 Å². The summed E-state index contributed by atoms with van der Waals surface area (Å²) in [6, 6.07) is 39.2. The van der Waals surface area contributed by atoms with Gasteiger partial charge in [0.2, 0.25) is 10.0 Å². The van der Waals surface area contributed by atoms with Gasteiger partial charge in [0.15, 0.2) is 29.1 Å². The average Bonchev–Trinajstić information content (AvgIpc) is 1.64. The summed E-state index contributed by atoms with van der Waals surface area (Å²) in [7, 11) is -3.70. The molecule has 1 aliphatic carbocycles. The summed E-state index contributed by atoms with van der Waals surface area (Å²) in [6.45, 7) is 18.1. The van der Waals surface area contributed by atoms with Crippen LogP contribution in [0.1, 0.15) is 96.5 Å². The summed E-state index contributed by atoms with van der Waals surface area (Å²) >= 11 is 0. The third-order valence-corrected chi connectivity index (χ3v) is 26.5. The van der Waals surface area contributed by atoms with Crippen LogP contribution in [0.25, 0.3) is 90.2 Å². The number of carbonyl (C=O) groups is 4. The number of fused-ring (bicyclic) bond motifs is 5. The molecule has 5 fully saturated rings. The van der Waals surface area contributed by atoms with Crippen LogP contribution < -0.4 is 26.0 Å². The monoisotopic (exact) mass is 1860 g/mol. The number of carbonyl (C=O) groups excluding carboxylic acids is 4. The topological polar surface area (TPSA) is 446 Å². The smallest absolute Gasteiger partial charge is 0.291 e. The van der Waals surface area contributed by atoms with Crippen LogP contribution in [0.5, 0.6) is 5.75 Å². The third-order valence-electron chi connectivity index (χ3n) is 24.6. The first kappa shape index (κ1) is 89.8. The lowest BCUT2D eigenvalue weighted by Gasteiger charge is -2.41. The van der Waals surface area contributed by atoms with E-state index in [-0.39, 0.29) is 58.5 Å². The molecular formula is C94H95F4N25O11S. The lowest BCUT2D eigenvalue weighted by molar-refractivity contribution is 0.0341. The summed E-state index contributed by atoms with van der Waals surface area (Å²) in [5.41, 5.74) is 13.4. The number of benzene rings is 7. The number of piperazine rings is 1. The molecule has 0 atom stereocenters. The molecule has 135 heavy (non-hydrogen) atoms. The van der Waals surface area contributed by atoms with E-state index in [2.05, 4.69) is 160 Å². The SMILES string of the molecule is CC1CCC(N2CCN(Cc3ccc4nc(-c5[nH]ncc5NC(=O)c5c(F)cccc5F)[nH]c4c3)CC2)CC1.O=C(Nc1cn[nH]c1-c1nc2ccc(CN3CCOCC3)cc2[nH]1)c1cccc2c1OCC2.O=C(Nc1cn[nH]c1-c1nc2ccc(CN3CCOCC3)cc2[nH]1)c1ccco1.O=C(Nc1cn[nH]c1-c1nc2ccc(S(=O)(=O)N3CCOCC3)cc2[nH]1)c1c(F)cccc1F. The minimum Gasteiger partial charge on any atom is -0.492 e. The van der Waals surface area contributed by atoms with Gasteiger partial charge in [0.05, 0.1) is 155 Å². The van der Waals surface area contributed by atoms with Crippen molar-refractivity contribution in [2.24, 2.45) is 5.92 Å². The largest absolute Gasteiger partial charge is 0.492 e. The van der Waals surface area contributed by atoms with Gasteiger partial charge in [-0.3, -0.25) is 59.2 Å². The van der Waals surface area contributed by atoms with Crippen LogP contribution in [-0.4, -0.2) is 254 Å². The van der Waals surface area contributed by atoms with Gasteiger partial charge >= 0.3 is 0 Å². The molecule has 16 aromatic rings. The predicted octanol–water partition coefficient (Wildman–Crippen LogP) is 13.3. The number of rotatable bonds is 21. The Labute approximate surface area is 768 Å². The Hall–Kier alpha value is -14.4. The Morgan fingerprint density at radius 2 is 0.815 bits per heavy atom. The molecular weight excluding hydrogens is 1760 g/mol. The number of hydrogen-bond acceptors (Lipinski definition) is 23. The standard InChI is InChI=1S/C29H33F2N7O.C24H24N6O3.C21H18F2N6O4S.C20H20N6O3/c1-18-5-8-20(9-6-18)38-13-11-37(12-14-38)17-19-7-10-23-24(15-19)34-28(33-23)27-25(16-32-36-27)35-29(39)26-21(30)3-2-4-22(26)31;31-24(17-3-1-2-16-6-9-33-22(16)17)28-20-13-25-29-21(20)23-26-18-5-4-15(12-19(18)27-23)14-30-7-10-32-11-8-30;22-13-2-1-3-14(23)18(13)21(30)27-17-11-24-28-19(17)20-25-15-5-4-12(10-16(15)26-20)34(31,32)29-6-8-33-9-7-29;27-20(17-2-1-7-29-17)24-16-11-21-25-18(16)19-22-14-4-3-13(10-15(14)23-19)12-26-5-8-28-9-6-26/h2-4,7,10,15-16,18,20H,5-6,8-9,11-14,17H2,1H3,(H,32,36)(H,33,34)(H,35,39);1-5,12-13H,6-11,14H2,(H,25,29)(H,26,27)(H,28,31);1-5,10-11H,6-9H2,(H,24,28)(H,25,26)(H,27,30);1-4,7,10-11H,5-6,8-9,12H2,(H,21,25)(H,22,23)(H,24,27). The fourth-order valence-corrected chi connectivity index (χ4v) is 18.9. The quantitative estimate of drug-likeness (QED) is 0.0297. The Morgan fingerprint density at radius 1 is 0.422 bits per heavy atom. The number of nitrogens with zero attached hydrogens (tertiary/aromatic N) is 13. The summed E-state index contributed by atoms with van der Waals surface area (Å²) in [4.78, 5) is 91.8. The van der Waals surface area contributed by atoms with Crippen molar-refractivity contribution in [2.75, 3.05) is 133 Å². The molecule has 0 bridgehead atoms. The Bertz CT molecular complexity index is 7030. The molecule has 4 saturated heterocycles. The number of halogens is 4. The average molecular weight is 1860 g/mol. The zero-order chi connectivity index (χ0) is 92.6. The van der Waals surface area contributed by atoms with E-state index < -0.39 is 56.2 Å². The maximum Gasteiger partial charge on any atom is 0.291 e. The Balaban J connectivity index is 0.000000116. The number of morpholine rings is 3. The van der Waals surface area contributed by atoms with Gasteiger partial charge in [-0.2, -0.15) is 24.7 Å². The van der Waals surface area contributed by atoms with E-state index in [1.165, 1.54) is 83.5 Å². The van der Waals surface area contributed by atoms with Crippen molar-refractivity contribution >= 4 is 101 Å². The second-order valence-electron chi connectivity index (χ2n) is 33.6. The molecule has 1 saturated carbocycles. The van der Waals surface area contributed by atoms with Crippen LogP contribution in [-0.2, 0) is 50.3 Å². The molecule has 5 aliphatic heterocycles. The van der Waals surface area contributed by atoms with Crippen molar-refractivity contribution < 1.29 is 68.5 Å². The summed E-state index contributed by atoms with van der Waals surface area (Å²) in [6.07, 6.45) is 13.5. The number of aromatic nitrogens is 16. The molecule has 4 amide bonds. The van der Waals surface area contributed by atoms with E-state index in [1.54, 1.807) is 36.7 Å². The second-order valence-corrected chi connectivity index (χ2v) is 35.5. The van der Waals surface area contributed by atoms with Crippen LogP contribution in [0.2, 0.25) is 0 Å². The highest BCUT2D eigenvalue weighted by atomic mass is 32.2. The molecule has 0 unspecified atom stereocenters. The van der Waals surface area contributed by atoms with Crippen molar-refractivity contribution in [3.63, 3.8) is 0 Å². The van der Waals surface area contributed by atoms with Gasteiger partial charge in [-0.15, -0.1) is 0 Å². The number of hydrogen-bond donors (Lipinski definition) is 12. The number of furan rings is 1. The number of nitrogens with one attached hydrogen (secondary N) is 12. The predicted molar refractivity (Wildman–Crippen MR) is 494 cm³/mol. The number of aromatic amines is 8. The lowest BCUT2D eigenvalue weighted by atomic mass is 9.86. The number of ether oxygens (including phenoxy) is 4. The van der Waals surface area contributed by atoms with E-state index in [9.17, 15) is 45.2 Å². The molecule has 6 aliphatic rings. The number of imidazole rings is 4. The first-order valence-corrected chi connectivity index (χ1v) is 45.9. The number of anilines is 4. The maximum absolute atomic E-state index is 14.1. The van der Waals surface area contributed by atoms with Crippen molar-refractivity contribution in [3.05, 3.63) is 239 Å². The number of H-pyrrole nitrogens is 8. The van der Waals surface area contributed by atoms with Crippen LogP contribution in [0.15, 0.2) is 180 Å². The molecule has 14 heterocycles. The van der Waals surface area contributed by atoms with Crippen LogP contribution in [0.4, 0.5) is 40.3 Å². The van der Waals surface area contributed by atoms with Gasteiger partial charge in [-0.25, -0.2) is 45.9 Å². The van der Waals surface area contributed by atoms with Gasteiger partial charge in [0.25, 0.3) is 23.6 Å². The van der Waals surface area contributed by atoms with Gasteiger partial charge in [0.1, 0.15) is 62.9 Å². The molecule has 36 nitrogen and oxygen atoms in total. The molecule has 9 aromatic heterocycles. The summed E-state index contributed by atoms with van der Waals surface area (Å²) in [5, 5.41) is 38.1. The fraction of sp³-hybridized carbons (Fsp3) is 0.298. The molecule has 41 heteroatoms. The van der Waals surface area contributed by atoms with Gasteiger partial charge in [-0.1, -0.05) is 49.4 Å². The van der Waals surface area contributed by atoms with Gasteiger partial charge in [0, 0.05) is 97.5 Å². The van der Waals surface area contributed by atoms with Gasteiger partial charge in [-0.05, 0) is 151 Å². The second kappa shape index (κ2) is 40.2. The molecule has 696 valence electrons. The fourth-order valence-electron chi connectivity index (χ4n) is 17.4. The molecule has 0 radical (unpaired) electrons. The van der Waals surface area contributed by atoms with E-state index >= 15 is 0 Å². The van der Waals surface area contributed by atoms with E-state index in [4.69, 9.17) is 28.3 Å². The molecule has 0 spiro atoms. The van der Waals surface area contributed by atoms with Crippen LogP contribution in [0, 0.1) is 29.2 Å². The summed E-state index contributed by atoms with van der Waals surface area (Å²) < 4.78 is 110. The van der Waals surface area contributed by atoms with Crippen LogP contribution >= 0.6 is 0 Å². The minimum atomic E-state index is -3.70. The number of para-hydroxylation sites is 1. The molecule has 7 aromatic carbocycles. The highest BCUT2D eigenvalue weighted by Gasteiger charge is 2.32. The number of sulfonamides is 1. The van der Waals surface area contributed by atoms with E-state index in [0.29, 0.717) is 88.1 Å². The first-order valence-electron chi connectivity index (χ1n) is 44.5. The highest BCUT2D eigenvalue weighted by Crippen LogP contribution is 2.37.